The van der Waals surface area contributed by atoms with Gasteiger partial charge in [0.05, 0.1) is 36.7 Å². The number of nitrogens with zero attached hydrogens (tertiary/aromatic N) is 5. The standard InChI is InChI=1S/C22H31N5O3/c1-15(2)22-23-13-18(19-12-16(3)25-30-19)21(24-22)17-4-6-26(7-5-17)14-20(28)27-8-10-29-11-9-27/h12-13,15,17H,4-11,14H2,1-3H3. The van der Waals surface area contributed by atoms with Crippen molar-refractivity contribution in [2.45, 2.75) is 45.4 Å². The minimum atomic E-state index is 0.207. The number of aryl methyl sites for hydroxylation is 1. The molecule has 4 rings (SSSR count). The summed E-state index contributed by atoms with van der Waals surface area (Å²) >= 11 is 0. The molecule has 8 heteroatoms. The molecule has 0 bridgehead atoms. The number of rotatable bonds is 5. The summed E-state index contributed by atoms with van der Waals surface area (Å²) in [6.45, 7) is 11.1. The largest absolute Gasteiger partial charge is 0.378 e. The maximum absolute atomic E-state index is 12.6. The summed E-state index contributed by atoms with van der Waals surface area (Å²) in [6.07, 6.45) is 3.81. The van der Waals surface area contributed by atoms with E-state index in [1.54, 1.807) is 0 Å². The van der Waals surface area contributed by atoms with E-state index in [9.17, 15) is 4.79 Å². The third-order valence-corrected chi connectivity index (χ3v) is 5.94. The van der Waals surface area contributed by atoms with Crippen LogP contribution in [0.15, 0.2) is 16.8 Å². The quantitative estimate of drug-likeness (QED) is 0.745. The van der Waals surface area contributed by atoms with E-state index in [4.69, 9.17) is 14.2 Å². The smallest absolute Gasteiger partial charge is 0.236 e. The highest BCUT2D eigenvalue weighted by Crippen LogP contribution is 2.34. The van der Waals surface area contributed by atoms with Crippen LogP contribution in [-0.4, -0.2) is 76.8 Å². The van der Waals surface area contributed by atoms with E-state index in [1.165, 1.54) is 0 Å². The molecule has 2 aliphatic heterocycles. The molecule has 2 aromatic rings. The lowest BCUT2D eigenvalue weighted by atomic mass is 9.90. The molecule has 0 spiro atoms. The van der Waals surface area contributed by atoms with Gasteiger partial charge in [-0.15, -0.1) is 0 Å². The number of amides is 1. The number of hydrogen-bond donors (Lipinski definition) is 0. The van der Waals surface area contributed by atoms with Crippen molar-refractivity contribution in [3.05, 3.63) is 29.5 Å². The lowest BCUT2D eigenvalue weighted by molar-refractivity contribution is -0.136. The number of likely N-dealkylation sites (tertiary alicyclic amines) is 1. The first-order valence-electron chi connectivity index (χ1n) is 10.9. The molecule has 0 atom stereocenters. The molecule has 0 aliphatic carbocycles. The second kappa shape index (κ2) is 9.22. The monoisotopic (exact) mass is 413 g/mol. The molecule has 2 fully saturated rings. The average molecular weight is 414 g/mol. The van der Waals surface area contributed by atoms with Crippen LogP contribution in [0, 0.1) is 6.92 Å². The summed E-state index contributed by atoms with van der Waals surface area (Å²) in [5.41, 5.74) is 2.83. The van der Waals surface area contributed by atoms with E-state index in [1.807, 2.05) is 24.1 Å². The van der Waals surface area contributed by atoms with Gasteiger partial charge in [-0.1, -0.05) is 19.0 Å². The Labute approximate surface area is 177 Å². The molecule has 8 nitrogen and oxygen atoms in total. The van der Waals surface area contributed by atoms with Crippen LogP contribution in [0.1, 0.15) is 55.7 Å². The molecule has 4 heterocycles. The molecule has 30 heavy (non-hydrogen) atoms. The van der Waals surface area contributed by atoms with Crippen LogP contribution in [-0.2, 0) is 9.53 Å². The maximum Gasteiger partial charge on any atom is 0.236 e. The summed E-state index contributed by atoms with van der Waals surface area (Å²) in [7, 11) is 0. The van der Waals surface area contributed by atoms with Crippen molar-refractivity contribution in [3.63, 3.8) is 0 Å². The lowest BCUT2D eigenvalue weighted by Crippen LogP contribution is -2.47. The highest BCUT2D eigenvalue weighted by atomic mass is 16.5. The van der Waals surface area contributed by atoms with Gasteiger partial charge in [0.25, 0.3) is 0 Å². The van der Waals surface area contributed by atoms with Gasteiger partial charge in [0, 0.05) is 37.2 Å². The Morgan fingerprint density at radius 2 is 1.93 bits per heavy atom. The first kappa shape index (κ1) is 20.9. The van der Waals surface area contributed by atoms with Crippen LogP contribution >= 0.6 is 0 Å². The fourth-order valence-electron chi connectivity index (χ4n) is 4.15. The van der Waals surface area contributed by atoms with Crippen LogP contribution in [0.5, 0.6) is 0 Å². The van der Waals surface area contributed by atoms with Crippen molar-refractivity contribution in [2.75, 3.05) is 45.9 Å². The second-order valence-electron chi connectivity index (χ2n) is 8.56. The first-order valence-corrected chi connectivity index (χ1v) is 10.9. The number of ether oxygens (including phenoxy) is 1. The Kier molecular flexibility index (Phi) is 6.43. The van der Waals surface area contributed by atoms with Gasteiger partial charge in [0.15, 0.2) is 5.76 Å². The van der Waals surface area contributed by atoms with Crippen molar-refractivity contribution in [1.29, 1.82) is 0 Å². The fourth-order valence-corrected chi connectivity index (χ4v) is 4.15. The van der Waals surface area contributed by atoms with Crippen molar-refractivity contribution < 1.29 is 14.1 Å². The molecule has 2 aromatic heterocycles. The van der Waals surface area contributed by atoms with E-state index in [2.05, 4.69) is 28.9 Å². The first-order chi connectivity index (χ1) is 14.5. The number of piperidine rings is 1. The number of aromatic nitrogens is 3. The topological polar surface area (TPSA) is 84.6 Å². The van der Waals surface area contributed by atoms with Crippen molar-refractivity contribution in [1.82, 2.24) is 24.9 Å². The zero-order valence-electron chi connectivity index (χ0n) is 18.1. The number of morpholine rings is 1. The summed E-state index contributed by atoms with van der Waals surface area (Å²) < 4.78 is 10.9. The van der Waals surface area contributed by atoms with Crippen LogP contribution in [0.4, 0.5) is 0 Å². The molecule has 1 amide bonds. The van der Waals surface area contributed by atoms with Gasteiger partial charge in [0.2, 0.25) is 5.91 Å². The fraction of sp³-hybridized carbons (Fsp3) is 0.636. The molecule has 0 saturated carbocycles. The highest BCUT2D eigenvalue weighted by Gasteiger charge is 2.28. The van der Waals surface area contributed by atoms with Gasteiger partial charge < -0.3 is 14.2 Å². The zero-order valence-corrected chi connectivity index (χ0v) is 18.1. The van der Waals surface area contributed by atoms with Crippen LogP contribution in [0.25, 0.3) is 11.3 Å². The minimum Gasteiger partial charge on any atom is -0.378 e. The Morgan fingerprint density at radius 1 is 1.20 bits per heavy atom. The summed E-state index contributed by atoms with van der Waals surface area (Å²) in [6, 6.07) is 1.94. The number of carbonyl (C=O) groups excluding carboxylic acids is 1. The van der Waals surface area contributed by atoms with E-state index < -0.39 is 0 Å². The van der Waals surface area contributed by atoms with E-state index in [-0.39, 0.29) is 11.8 Å². The number of carbonyl (C=O) groups is 1. The van der Waals surface area contributed by atoms with Gasteiger partial charge in [-0.25, -0.2) is 9.97 Å². The molecule has 0 radical (unpaired) electrons. The summed E-state index contributed by atoms with van der Waals surface area (Å²) in [5.74, 6) is 2.37. The van der Waals surface area contributed by atoms with E-state index >= 15 is 0 Å². The molecular formula is C22H31N5O3. The van der Waals surface area contributed by atoms with Crippen molar-refractivity contribution >= 4 is 5.91 Å². The Morgan fingerprint density at radius 3 is 2.57 bits per heavy atom. The third kappa shape index (κ3) is 4.70. The predicted octanol–water partition coefficient (Wildman–Crippen LogP) is 2.60. The normalized spacial score (nSPS) is 18.9. The van der Waals surface area contributed by atoms with E-state index in [0.717, 1.165) is 54.5 Å². The molecule has 0 unspecified atom stereocenters. The molecular weight excluding hydrogens is 382 g/mol. The molecule has 162 valence electrons. The van der Waals surface area contributed by atoms with Gasteiger partial charge in [-0.3, -0.25) is 9.69 Å². The molecule has 2 saturated heterocycles. The predicted molar refractivity (Wildman–Crippen MR) is 112 cm³/mol. The van der Waals surface area contributed by atoms with Gasteiger partial charge >= 0.3 is 0 Å². The van der Waals surface area contributed by atoms with Crippen molar-refractivity contribution in [3.8, 4) is 11.3 Å². The van der Waals surface area contributed by atoms with Crippen LogP contribution < -0.4 is 0 Å². The SMILES string of the molecule is Cc1cc(-c2cnc(C(C)C)nc2C2CCN(CC(=O)N3CCOCC3)CC2)on1. The van der Waals surface area contributed by atoms with E-state index in [0.29, 0.717) is 38.8 Å². The molecule has 2 aliphatic rings. The Balaban J connectivity index is 1.45. The average Bonchev–Trinajstić information content (AvgIpc) is 3.20. The number of hydrogen-bond acceptors (Lipinski definition) is 7. The van der Waals surface area contributed by atoms with Crippen LogP contribution in [0.3, 0.4) is 0 Å². The Bertz CT molecular complexity index is 867. The third-order valence-electron chi connectivity index (χ3n) is 5.94. The lowest BCUT2D eigenvalue weighted by Gasteiger charge is -2.34. The van der Waals surface area contributed by atoms with Crippen LogP contribution in [0.2, 0.25) is 0 Å². The summed E-state index contributed by atoms with van der Waals surface area (Å²) in [5, 5.41) is 4.04. The van der Waals surface area contributed by atoms with Crippen molar-refractivity contribution in [2.24, 2.45) is 0 Å². The maximum atomic E-state index is 12.6. The Hall–Kier alpha value is -2.32. The summed E-state index contributed by atoms with van der Waals surface area (Å²) in [4.78, 5) is 26.2. The molecule has 0 aromatic carbocycles. The highest BCUT2D eigenvalue weighted by molar-refractivity contribution is 5.78. The zero-order chi connectivity index (χ0) is 21.1. The van der Waals surface area contributed by atoms with Gasteiger partial charge in [-0.2, -0.15) is 0 Å². The van der Waals surface area contributed by atoms with Gasteiger partial charge in [-0.05, 0) is 32.9 Å². The van der Waals surface area contributed by atoms with Gasteiger partial charge in [0.1, 0.15) is 5.82 Å². The minimum absolute atomic E-state index is 0.207. The second-order valence-corrected chi connectivity index (χ2v) is 8.56. The molecule has 0 N–H and O–H groups in total.